The highest BCUT2D eigenvalue weighted by molar-refractivity contribution is 5.86. The van der Waals surface area contributed by atoms with E-state index in [2.05, 4.69) is 20.6 Å². The summed E-state index contributed by atoms with van der Waals surface area (Å²) >= 11 is 0. The van der Waals surface area contributed by atoms with Crippen LogP contribution in [0.1, 0.15) is 28.7 Å². The number of aryl methyl sites for hydroxylation is 3. The van der Waals surface area contributed by atoms with E-state index in [1.54, 1.807) is 45.0 Å². The summed E-state index contributed by atoms with van der Waals surface area (Å²) in [5, 5.41) is 24.0. The molecule has 0 fully saturated rings. The molecule has 1 atom stereocenters. The Hall–Kier alpha value is -3.49. The van der Waals surface area contributed by atoms with Crippen LogP contribution in [0.15, 0.2) is 29.1 Å². The molecule has 3 rings (SSSR count). The van der Waals surface area contributed by atoms with Crippen LogP contribution in [-0.2, 0) is 16.1 Å². The Kier molecular flexibility index (Phi) is 4.76. The number of amides is 1. The van der Waals surface area contributed by atoms with E-state index in [1.165, 1.54) is 0 Å². The third-order valence-electron chi connectivity index (χ3n) is 4.37. The van der Waals surface area contributed by atoms with Crippen LogP contribution in [0.5, 0.6) is 0 Å². The highest BCUT2D eigenvalue weighted by Gasteiger charge is 2.27. The molecular formula is C18H19N5O4. The number of carboxylic acids is 1. The van der Waals surface area contributed by atoms with E-state index >= 15 is 0 Å². The SMILES string of the molecule is Cc1n[nH]c(C)c1[C@H](NC(=O)Cn1nc(C)c2ccccc2c1=O)C(=O)O. The Morgan fingerprint density at radius 2 is 1.85 bits per heavy atom. The first-order valence-electron chi connectivity index (χ1n) is 8.29. The van der Waals surface area contributed by atoms with Crippen molar-refractivity contribution in [2.75, 3.05) is 0 Å². The number of aromatic amines is 1. The molecule has 27 heavy (non-hydrogen) atoms. The largest absolute Gasteiger partial charge is 0.479 e. The van der Waals surface area contributed by atoms with Gasteiger partial charge < -0.3 is 10.4 Å². The molecule has 1 amide bonds. The van der Waals surface area contributed by atoms with E-state index in [0.717, 1.165) is 4.68 Å². The fourth-order valence-electron chi connectivity index (χ4n) is 3.10. The Morgan fingerprint density at radius 1 is 1.19 bits per heavy atom. The van der Waals surface area contributed by atoms with Crippen LogP contribution in [0.3, 0.4) is 0 Å². The summed E-state index contributed by atoms with van der Waals surface area (Å²) in [7, 11) is 0. The molecule has 9 heteroatoms. The van der Waals surface area contributed by atoms with Gasteiger partial charge in [0, 0.05) is 16.6 Å². The van der Waals surface area contributed by atoms with Crippen molar-refractivity contribution in [1.82, 2.24) is 25.3 Å². The van der Waals surface area contributed by atoms with Crippen molar-refractivity contribution >= 4 is 22.6 Å². The van der Waals surface area contributed by atoms with E-state index in [4.69, 9.17) is 0 Å². The predicted molar refractivity (Wildman–Crippen MR) is 97.3 cm³/mol. The highest BCUT2D eigenvalue weighted by Crippen LogP contribution is 2.20. The molecule has 0 radical (unpaired) electrons. The van der Waals surface area contributed by atoms with Crippen LogP contribution in [0.25, 0.3) is 10.8 Å². The lowest BCUT2D eigenvalue weighted by atomic mass is 10.1. The first-order chi connectivity index (χ1) is 12.8. The molecule has 0 aliphatic carbocycles. The maximum absolute atomic E-state index is 12.6. The normalized spacial score (nSPS) is 12.1. The predicted octanol–water partition coefficient (Wildman–Crippen LogP) is 0.987. The van der Waals surface area contributed by atoms with Gasteiger partial charge in [0.1, 0.15) is 6.54 Å². The fraction of sp³-hybridized carbons (Fsp3) is 0.278. The molecule has 9 nitrogen and oxygen atoms in total. The molecule has 0 saturated carbocycles. The van der Waals surface area contributed by atoms with Gasteiger partial charge in [0.05, 0.1) is 16.8 Å². The molecule has 3 N–H and O–H groups in total. The molecule has 140 valence electrons. The van der Waals surface area contributed by atoms with Crippen LogP contribution in [0, 0.1) is 20.8 Å². The number of aromatic nitrogens is 4. The highest BCUT2D eigenvalue weighted by atomic mass is 16.4. The first kappa shape index (κ1) is 18.3. The van der Waals surface area contributed by atoms with Gasteiger partial charge in [-0.05, 0) is 26.8 Å². The van der Waals surface area contributed by atoms with Gasteiger partial charge in [-0.15, -0.1) is 0 Å². The van der Waals surface area contributed by atoms with Gasteiger partial charge in [0.2, 0.25) is 5.91 Å². The number of nitrogens with zero attached hydrogens (tertiary/aromatic N) is 3. The molecule has 0 bridgehead atoms. The van der Waals surface area contributed by atoms with E-state index in [0.29, 0.717) is 33.4 Å². The molecule has 0 saturated heterocycles. The molecule has 1 aromatic carbocycles. The molecule has 0 aliphatic heterocycles. The third kappa shape index (κ3) is 3.43. The van der Waals surface area contributed by atoms with Crippen LogP contribution in [0.2, 0.25) is 0 Å². The van der Waals surface area contributed by atoms with Crippen molar-refractivity contribution in [1.29, 1.82) is 0 Å². The molecule has 3 aromatic rings. The minimum absolute atomic E-state index is 0.385. The quantitative estimate of drug-likeness (QED) is 0.615. The summed E-state index contributed by atoms with van der Waals surface area (Å²) in [6, 6.07) is 5.72. The van der Waals surface area contributed by atoms with Gasteiger partial charge >= 0.3 is 5.97 Å². The molecule has 2 heterocycles. The number of hydrogen-bond acceptors (Lipinski definition) is 5. The van der Waals surface area contributed by atoms with Crippen molar-refractivity contribution in [3.05, 3.63) is 57.3 Å². The van der Waals surface area contributed by atoms with Gasteiger partial charge in [0.25, 0.3) is 5.56 Å². The van der Waals surface area contributed by atoms with E-state index in [9.17, 15) is 19.5 Å². The van der Waals surface area contributed by atoms with Gasteiger partial charge in [0.15, 0.2) is 6.04 Å². The van der Waals surface area contributed by atoms with Crippen molar-refractivity contribution in [3.63, 3.8) is 0 Å². The fourth-order valence-corrected chi connectivity index (χ4v) is 3.10. The van der Waals surface area contributed by atoms with Crippen LogP contribution in [-0.4, -0.2) is 37.0 Å². The van der Waals surface area contributed by atoms with Crippen LogP contribution in [0.4, 0.5) is 0 Å². The molecule has 2 aromatic heterocycles. The Labute approximate surface area is 154 Å². The van der Waals surface area contributed by atoms with Gasteiger partial charge in [-0.3, -0.25) is 14.7 Å². The zero-order valence-corrected chi connectivity index (χ0v) is 15.1. The third-order valence-corrected chi connectivity index (χ3v) is 4.37. The summed E-state index contributed by atoms with van der Waals surface area (Å²) in [6.07, 6.45) is 0. The Morgan fingerprint density at radius 3 is 2.44 bits per heavy atom. The zero-order chi connectivity index (χ0) is 19.7. The lowest BCUT2D eigenvalue weighted by Crippen LogP contribution is -2.39. The topological polar surface area (TPSA) is 130 Å². The smallest absolute Gasteiger partial charge is 0.331 e. The van der Waals surface area contributed by atoms with Crippen molar-refractivity contribution in [2.24, 2.45) is 0 Å². The number of rotatable bonds is 5. The zero-order valence-electron chi connectivity index (χ0n) is 15.1. The number of carboxylic acid groups (broad SMARTS) is 1. The molecule has 0 unspecified atom stereocenters. The van der Waals surface area contributed by atoms with E-state index in [1.807, 2.05) is 0 Å². The number of H-pyrrole nitrogens is 1. The maximum atomic E-state index is 12.6. The lowest BCUT2D eigenvalue weighted by Gasteiger charge is -2.16. The van der Waals surface area contributed by atoms with E-state index in [-0.39, 0.29) is 6.54 Å². The van der Waals surface area contributed by atoms with Crippen molar-refractivity contribution < 1.29 is 14.7 Å². The number of aliphatic carboxylic acids is 1. The standard InChI is InChI=1S/C18H19N5O4/c1-9-12-6-4-5-7-13(12)17(25)23(22-9)8-14(24)19-16(18(26)27)15-10(2)20-21-11(15)3/h4-7,16H,8H2,1-3H3,(H,19,24)(H,20,21)(H,26,27)/t16-/m0/s1. The van der Waals surface area contributed by atoms with Crippen LogP contribution >= 0.6 is 0 Å². The molecule has 0 spiro atoms. The summed E-state index contributed by atoms with van der Waals surface area (Å²) in [6.45, 7) is 4.69. The summed E-state index contributed by atoms with van der Waals surface area (Å²) in [4.78, 5) is 36.6. The average Bonchev–Trinajstić information content (AvgIpc) is 2.95. The summed E-state index contributed by atoms with van der Waals surface area (Å²) < 4.78 is 1.04. The van der Waals surface area contributed by atoms with Crippen molar-refractivity contribution in [3.8, 4) is 0 Å². The average molecular weight is 369 g/mol. The van der Waals surface area contributed by atoms with Crippen molar-refractivity contribution in [2.45, 2.75) is 33.4 Å². The molecule has 0 aliphatic rings. The number of hydrogen-bond donors (Lipinski definition) is 3. The Balaban J connectivity index is 1.89. The lowest BCUT2D eigenvalue weighted by molar-refractivity contribution is -0.142. The first-order valence-corrected chi connectivity index (χ1v) is 8.29. The van der Waals surface area contributed by atoms with Crippen LogP contribution < -0.4 is 10.9 Å². The number of carbonyl (C=O) groups is 2. The van der Waals surface area contributed by atoms with Gasteiger partial charge in [-0.2, -0.15) is 10.2 Å². The second kappa shape index (κ2) is 7.02. The minimum Gasteiger partial charge on any atom is -0.479 e. The Bertz CT molecular complexity index is 1080. The summed E-state index contributed by atoms with van der Waals surface area (Å²) in [5.41, 5.74) is 1.63. The number of fused-ring (bicyclic) bond motifs is 1. The maximum Gasteiger partial charge on any atom is 0.331 e. The monoisotopic (exact) mass is 369 g/mol. The van der Waals surface area contributed by atoms with Gasteiger partial charge in [-0.25, -0.2) is 9.48 Å². The number of nitrogens with one attached hydrogen (secondary N) is 2. The second-order valence-electron chi connectivity index (χ2n) is 6.28. The molecular weight excluding hydrogens is 350 g/mol. The second-order valence-corrected chi connectivity index (χ2v) is 6.28. The number of benzene rings is 1. The minimum atomic E-state index is -1.27. The summed E-state index contributed by atoms with van der Waals surface area (Å²) in [5.74, 6) is -1.85. The number of carbonyl (C=O) groups excluding carboxylic acids is 1. The van der Waals surface area contributed by atoms with Gasteiger partial charge in [-0.1, -0.05) is 18.2 Å². The van der Waals surface area contributed by atoms with E-state index < -0.39 is 23.5 Å².